The molecule has 0 fully saturated rings. The van der Waals surface area contributed by atoms with E-state index in [1.807, 2.05) is 4.57 Å². The van der Waals surface area contributed by atoms with E-state index in [1.165, 1.54) is 0 Å². The highest BCUT2D eigenvalue weighted by molar-refractivity contribution is 5.71. The maximum absolute atomic E-state index is 10.7. The fourth-order valence-corrected chi connectivity index (χ4v) is 1.86. The van der Waals surface area contributed by atoms with Crippen molar-refractivity contribution in [1.29, 1.82) is 0 Å². The summed E-state index contributed by atoms with van der Waals surface area (Å²) in [7, 11) is 0. The van der Waals surface area contributed by atoms with Crippen LogP contribution < -0.4 is 0 Å². The summed E-state index contributed by atoms with van der Waals surface area (Å²) < 4.78 is 2.04. The molecule has 0 amide bonds. The van der Waals surface area contributed by atoms with E-state index in [-0.39, 0.29) is 0 Å². The second-order valence-corrected chi connectivity index (χ2v) is 4.47. The summed E-state index contributed by atoms with van der Waals surface area (Å²) in [5.41, 5.74) is 1.01. The summed E-state index contributed by atoms with van der Waals surface area (Å²) in [5.74, 6) is 1.06. The van der Waals surface area contributed by atoms with Crippen molar-refractivity contribution in [1.82, 2.24) is 9.55 Å². The minimum atomic E-state index is 0.297. The van der Waals surface area contributed by atoms with E-state index in [9.17, 15) is 4.79 Å². The number of aryl methyl sites for hydroxylation is 1. The van der Waals surface area contributed by atoms with Gasteiger partial charge in [-0.05, 0) is 11.8 Å². The number of rotatable bonds is 1. The summed E-state index contributed by atoms with van der Waals surface area (Å²) in [6, 6.07) is 0. The Bertz CT molecular complexity index is 339. The van der Waals surface area contributed by atoms with Gasteiger partial charge in [0.15, 0.2) is 6.29 Å². The third-order valence-corrected chi connectivity index (χ3v) is 2.70. The van der Waals surface area contributed by atoms with Crippen molar-refractivity contribution in [2.24, 2.45) is 5.41 Å². The van der Waals surface area contributed by atoms with E-state index in [1.54, 1.807) is 6.20 Å². The van der Waals surface area contributed by atoms with Crippen molar-refractivity contribution in [3.63, 3.8) is 0 Å². The molecular weight excluding hydrogens is 164 g/mol. The smallest absolute Gasteiger partial charge is 0.168 e. The number of hydrogen-bond donors (Lipinski definition) is 0. The molecule has 0 saturated carbocycles. The molecular formula is C10H14N2O. The molecule has 3 nitrogen and oxygen atoms in total. The van der Waals surface area contributed by atoms with E-state index in [4.69, 9.17) is 0 Å². The number of imidazole rings is 1. The topological polar surface area (TPSA) is 34.9 Å². The Morgan fingerprint density at radius 3 is 3.08 bits per heavy atom. The second kappa shape index (κ2) is 2.69. The maximum Gasteiger partial charge on any atom is 0.168 e. The Morgan fingerprint density at radius 2 is 2.38 bits per heavy atom. The van der Waals surface area contributed by atoms with Gasteiger partial charge in [-0.2, -0.15) is 0 Å². The van der Waals surface area contributed by atoms with Crippen molar-refractivity contribution >= 4 is 6.29 Å². The molecule has 0 spiro atoms. The van der Waals surface area contributed by atoms with Gasteiger partial charge in [-0.1, -0.05) is 13.8 Å². The molecule has 1 aromatic rings. The first-order valence-corrected chi connectivity index (χ1v) is 4.62. The van der Waals surface area contributed by atoms with Crippen LogP contribution in [0.3, 0.4) is 0 Å². The Kier molecular flexibility index (Phi) is 1.75. The second-order valence-electron chi connectivity index (χ2n) is 4.47. The predicted octanol–water partition coefficient (Wildman–Crippen LogP) is 1.67. The normalized spacial score (nSPS) is 19.5. The molecule has 0 aromatic carbocycles. The average Bonchev–Trinajstić information content (AvgIpc) is 2.44. The lowest BCUT2D eigenvalue weighted by atomic mass is 9.85. The van der Waals surface area contributed by atoms with Crippen molar-refractivity contribution in [3.05, 3.63) is 17.7 Å². The zero-order chi connectivity index (χ0) is 9.47. The van der Waals surface area contributed by atoms with Crippen LogP contribution in [0.5, 0.6) is 0 Å². The lowest BCUT2D eigenvalue weighted by molar-refractivity contribution is 0.111. The predicted molar refractivity (Wildman–Crippen MR) is 49.7 cm³/mol. The number of hydrogen-bond acceptors (Lipinski definition) is 2. The lowest BCUT2D eigenvalue weighted by Crippen LogP contribution is -2.28. The molecule has 1 aliphatic rings. The highest BCUT2D eigenvalue weighted by atomic mass is 16.1. The highest BCUT2D eigenvalue weighted by Crippen LogP contribution is 2.30. The van der Waals surface area contributed by atoms with E-state index in [2.05, 4.69) is 18.8 Å². The zero-order valence-electron chi connectivity index (χ0n) is 8.08. The van der Waals surface area contributed by atoms with Crippen molar-refractivity contribution in [2.45, 2.75) is 33.2 Å². The monoisotopic (exact) mass is 178 g/mol. The van der Waals surface area contributed by atoms with Crippen LogP contribution >= 0.6 is 0 Å². The summed E-state index contributed by atoms with van der Waals surface area (Å²) in [6.07, 6.45) is 4.70. The van der Waals surface area contributed by atoms with Crippen LogP contribution in [-0.2, 0) is 13.0 Å². The third kappa shape index (κ3) is 1.39. The van der Waals surface area contributed by atoms with Crippen LogP contribution in [0.25, 0.3) is 0 Å². The van der Waals surface area contributed by atoms with Crippen LogP contribution in [0.15, 0.2) is 6.20 Å². The van der Waals surface area contributed by atoms with Gasteiger partial charge >= 0.3 is 0 Å². The van der Waals surface area contributed by atoms with Crippen LogP contribution in [0.2, 0.25) is 0 Å². The molecule has 0 radical (unpaired) electrons. The van der Waals surface area contributed by atoms with Crippen LogP contribution in [0.1, 0.15) is 36.6 Å². The number of nitrogens with zero attached hydrogens (tertiary/aromatic N) is 2. The van der Waals surface area contributed by atoms with Gasteiger partial charge in [-0.25, -0.2) is 4.98 Å². The molecule has 0 saturated heterocycles. The molecule has 70 valence electrons. The Hall–Kier alpha value is -1.12. The van der Waals surface area contributed by atoms with Gasteiger partial charge in [0.25, 0.3) is 0 Å². The molecule has 0 unspecified atom stereocenters. The fourth-order valence-electron chi connectivity index (χ4n) is 1.86. The van der Waals surface area contributed by atoms with Crippen molar-refractivity contribution in [3.8, 4) is 0 Å². The minimum Gasteiger partial charge on any atom is -0.325 e. The van der Waals surface area contributed by atoms with Gasteiger partial charge in [0.2, 0.25) is 0 Å². The molecule has 1 aromatic heterocycles. The molecule has 0 N–H and O–H groups in total. The SMILES string of the molecule is CC1(C)CCc2ncc(C=O)n2C1. The van der Waals surface area contributed by atoms with Crippen molar-refractivity contribution < 1.29 is 4.79 Å². The van der Waals surface area contributed by atoms with Gasteiger partial charge in [-0.3, -0.25) is 4.79 Å². The number of carbonyl (C=O) groups excluding carboxylic acids is 1. The standard InChI is InChI=1S/C10H14N2O/c1-10(2)4-3-9-11-5-8(6-13)12(9)7-10/h5-6H,3-4,7H2,1-2H3. The molecule has 0 aliphatic carbocycles. The number of fused-ring (bicyclic) bond motifs is 1. The maximum atomic E-state index is 10.7. The molecule has 2 rings (SSSR count). The molecule has 1 aliphatic heterocycles. The quantitative estimate of drug-likeness (QED) is 0.613. The Morgan fingerprint density at radius 1 is 1.62 bits per heavy atom. The van der Waals surface area contributed by atoms with E-state index in [0.29, 0.717) is 11.1 Å². The zero-order valence-corrected chi connectivity index (χ0v) is 8.08. The average molecular weight is 178 g/mol. The largest absolute Gasteiger partial charge is 0.325 e. The van der Waals surface area contributed by atoms with Gasteiger partial charge in [0.05, 0.1) is 6.20 Å². The number of carbonyl (C=O) groups is 1. The Labute approximate surface area is 77.8 Å². The molecule has 13 heavy (non-hydrogen) atoms. The first kappa shape index (κ1) is 8.48. The lowest BCUT2D eigenvalue weighted by Gasteiger charge is -2.30. The summed E-state index contributed by atoms with van der Waals surface area (Å²) in [5, 5.41) is 0. The molecule has 0 atom stereocenters. The molecule has 2 heterocycles. The molecule has 3 heteroatoms. The summed E-state index contributed by atoms with van der Waals surface area (Å²) in [4.78, 5) is 14.9. The summed E-state index contributed by atoms with van der Waals surface area (Å²) >= 11 is 0. The minimum absolute atomic E-state index is 0.297. The van der Waals surface area contributed by atoms with Crippen LogP contribution in [-0.4, -0.2) is 15.8 Å². The van der Waals surface area contributed by atoms with Crippen LogP contribution in [0, 0.1) is 5.41 Å². The summed E-state index contributed by atoms with van der Waals surface area (Å²) in [6.45, 7) is 5.37. The number of aromatic nitrogens is 2. The van der Waals surface area contributed by atoms with E-state index in [0.717, 1.165) is 31.5 Å². The van der Waals surface area contributed by atoms with Crippen LogP contribution in [0.4, 0.5) is 0 Å². The highest BCUT2D eigenvalue weighted by Gasteiger charge is 2.26. The molecule has 0 bridgehead atoms. The first-order valence-electron chi connectivity index (χ1n) is 4.62. The van der Waals surface area contributed by atoms with Crippen molar-refractivity contribution in [2.75, 3.05) is 0 Å². The third-order valence-electron chi connectivity index (χ3n) is 2.70. The van der Waals surface area contributed by atoms with Gasteiger partial charge in [-0.15, -0.1) is 0 Å². The fraction of sp³-hybridized carbons (Fsp3) is 0.600. The van der Waals surface area contributed by atoms with Gasteiger partial charge in [0.1, 0.15) is 11.5 Å². The Balaban J connectivity index is 2.41. The first-order chi connectivity index (χ1) is 6.12. The van der Waals surface area contributed by atoms with Gasteiger partial charge < -0.3 is 4.57 Å². The van der Waals surface area contributed by atoms with E-state index >= 15 is 0 Å². The van der Waals surface area contributed by atoms with Gasteiger partial charge in [0, 0.05) is 13.0 Å². The van der Waals surface area contributed by atoms with E-state index < -0.39 is 0 Å². The number of aldehydes is 1.